The Morgan fingerprint density at radius 1 is 0.679 bits per heavy atom. The van der Waals surface area contributed by atoms with Crippen LogP contribution >= 0.6 is 0 Å². The van der Waals surface area contributed by atoms with Crippen molar-refractivity contribution in [3.8, 4) is 0 Å². The van der Waals surface area contributed by atoms with E-state index in [1.807, 2.05) is 41.5 Å². The molecule has 0 unspecified atom stereocenters. The number of carbonyl (C=O) groups is 4. The Morgan fingerprint density at radius 3 is 1.32 bits per heavy atom. The average Bonchev–Trinajstić information content (AvgIpc) is 2.91. The molecular formula is C22H32N2O4. The van der Waals surface area contributed by atoms with Gasteiger partial charge in [-0.1, -0.05) is 41.5 Å². The lowest BCUT2D eigenvalue weighted by atomic mass is 9.62. The molecule has 2 saturated carbocycles. The fourth-order valence-electron chi connectivity index (χ4n) is 6.43. The molecule has 4 atom stereocenters. The van der Waals surface area contributed by atoms with Gasteiger partial charge in [0.2, 0.25) is 23.6 Å². The Hall–Kier alpha value is -1.72. The smallest absolute Gasteiger partial charge is 0.235 e. The Balaban J connectivity index is 1.56. The number of rotatable bonds is 3. The van der Waals surface area contributed by atoms with Gasteiger partial charge in [0.05, 0.1) is 10.8 Å². The van der Waals surface area contributed by atoms with Gasteiger partial charge in [0.1, 0.15) is 0 Å². The maximum Gasteiger partial charge on any atom is 0.235 e. The van der Waals surface area contributed by atoms with Crippen molar-refractivity contribution in [3.05, 3.63) is 0 Å². The number of piperidine rings is 2. The monoisotopic (exact) mass is 388 g/mol. The van der Waals surface area contributed by atoms with E-state index in [9.17, 15) is 19.2 Å². The van der Waals surface area contributed by atoms with E-state index in [1.54, 1.807) is 0 Å². The van der Waals surface area contributed by atoms with E-state index in [4.69, 9.17) is 0 Å². The van der Waals surface area contributed by atoms with Gasteiger partial charge in [-0.2, -0.15) is 0 Å². The first-order valence-electron chi connectivity index (χ1n) is 10.5. The summed E-state index contributed by atoms with van der Waals surface area (Å²) in [5.41, 5.74) is -1.83. The second-order valence-electron chi connectivity index (χ2n) is 10.9. The summed E-state index contributed by atoms with van der Waals surface area (Å²) in [5, 5.41) is 0. The molecule has 4 amide bonds. The molecule has 0 N–H and O–H groups in total. The molecule has 4 aliphatic rings. The van der Waals surface area contributed by atoms with Gasteiger partial charge in [-0.3, -0.25) is 29.0 Å². The Labute approximate surface area is 167 Å². The second-order valence-corrected chi connectivity index (χ2v) is 10.9. The number of hydrogen-bond acceptors (Lipinski definition) is 4. The lowest BCUT2D eigenvalue weighted by Crippen LogP contribution is -2.63. The standard InChI is InChI=1S/C22H32N2O4/c1-19(2)13-7-9-21(19,5)17(27)23(15(13)25)11-12-24-16(26)14-8-10-22(6,18(24)28)20(14,3)4/h13-14H,7-12H2,1-6H3/t13-,14+,21-,22-/m0/s1. The van der Waals surface area contributed by atoms with E-state index in [-0.39, 0.29) is 59.4 Å². The van der Waals surface area contributed by atoms with Crippen LogP contribution in [0.1, 0.15) is 67.2 Å². The van der Waals surface area contributed by atoms with Crippen LogP contribution in [0.3, 0.4) is 0 Å². The third-order valence-corrected chi connectivity index (χ3v) is 9.56. The zero-order chi connectivity index (χ0) is 20.9. The van der Waals surface area contributed by atoms with E-state index in [2.05, 4.69) is 0 Å². The molecule has 0 spiro atoms. The van der Waals surface area contributed by atoms with Gasteiger partial charge in [0, 0.05) is 24.9 Å². The summed E-state index contributed by atoms with van der Waals surface area (Å²) in [6.07, 6.45) is 2.87. The van der Waals surface area contributed by atoms with Crippen LogP contribution in [0.5, 0.6) is 0 Å². The van der Waals surface area contributed by atoms with Crippen LogP contribution in [0, 0.1) is 33.5 Å². The predicted octanol–water partition coefficient (Wildman–Crippen LogP) is 2.61. The van der Waals surface area contributed by atoms with Gasteiger partial charge in [0.25, 0.3) is 0 Å². The van der Waals surface area contributed by atoms with Crippen molar-refractivity contribution >= 4 is 23.6 Å². The Morgan fingerprint density at radius 2 is 1.00 bits per heavy atom. The number of hydrogen-bond donors (Lipinski definition) is 0. The second kappa shape index (κ2) is 5.45. The van der Waals surface area contributed by atoms with E-state index in [0.29, 0.717) is 12.8 Å². The van der Waals surface area contributed by atoms with Crippen molar-refractivity contribution in [2.75, 3.05) is 13.1 Å². The van der Waals surface area contributed by atoms with E-state index >= 15 is 0 Å². The quantitative estimate of drug-likeness (QED) is 0.697. The van der Waals surface area contributed by atoms with Crippen LogP contribution in [-0.4, -0.2) is 46.5 Å². The van der Waals surface area contributed by atoms with E-state index in [1.165, 1.54) is 9.80 Å². The van der Waals surface area contributed by atoms with Crippen LogP contribution in [0.2, 0.25) is 0 Å². The number of nitrogens with zero attached hydrogens (tertiary/aromatic N) is 2. The fraction of sp³-hybridized carbons (Fsp3) is 0.818. The molecule has 2 saturated heterocycles. The molecular weight excluding hydrogens is 356 g/mol. The minimum Gasteiger partial charge on any atom is -0.280 e. The van der Waals surface area contributed by atoms with Gasteiger partial charge in [-0.25, -0.2) is 0 Å². The summed E-state index contributed by atoms with van der Waals surface area (Å²) >= 11 is 0. The van der Waals surface area contributed by atoms with E-state index in [0.717, 1.165) is 12.8 Å². The summed E-state index contributed by atoms with van der Waals surface area (Å²) in [6, 6.07) is 0. The van der Waals surface area contributed by atoms with Gasteiger partial charge < -0.3 is 0 Å². The third-order valence-electron chi connectivity index (χ3n) is 9.56. The molecule has 4 bridgehead atoms. The van der Waals surface area contributed by atoms with Gasteiger partial charge in [-0.15, -0.1) is 0 Å². The minimum atomic E-state index is -0.561. The first-order chi connectivity index (χ1) is 12.8. The molecule has 2 heterocycles. The summed E-state index contributed by atoms with van der Waals surface area (Å²) in [4.78, 5) is 55.1. The minimum absolute atomic E-state index is 0.112. The zero-order valence-corrected chi connectivity index (χ0v) is 17.9. The molecule has 28 heavy (non-hydrogen) atoms. The SMILES string of the molecule is CC1(C)[C@@H]2CC[C@@]1(C)C(=O)N(CCN1C(=O)[C@@H]3CC[C@@](C)(C1=O)C3(C)C)C2=O. The van der Waals surface area contributed by atoms with Crippen LogP contribution < -0.4 is 0 Å². The Kier molecular flexibility index (Phi) is 3.81. The molecule has 4 fully saturated rings. The number of amides is 4. The molecule has 0 aromatic rings. The molecule has 6 heteroatoms. The largest absolute Gasteiger partial charge is 0.280 e. The zero-order valence-electron chi connectivity index (χ0n) is 17.9. The first kappa shape index (κ1) is 19.6. The predicted molar refractivity (Wildman–Crippen MR) is 103 cm³/mol. The molecule has 154 valence electrons. The summed E-state index contributed by atoms with van der Waals surface area (Å²) in [7, 11) is 0. The van der Waals surface area contributed by atoms with Gasteiger partial charge >= 0.3 is 0 Å². The lowest BCUT2D eigenvalue weighted by Gasteiger charge is -2.49. The maximum atomic E-state index is 13.2. The molecule has 0 aromatic carbocycles. The van der Waals surface area contributed by atoms with Crippen molar-refractivity contribution in [2.45, 2.75) is 67.2 Å². The number of carbonyl (C=O) groups excluding carboxylic acids is 4. The summed E-state index contributed by atoms with van der Waals surface area (Å²) in [6.45, 7) is 12.2. The molecule has 4 rings (SSSR count). The maximum absolute atomic E-state index is 13.2. The molecule has 2 aliphatic heterocycles. The van der Waals surface area contributed by atoms with Gasteiger partial charge in [0.15, 0.2) is 0 Å². The van der Waals surface area contributed by atoms with Gasteiger partial charge in [-0.05, 0) is 36.5 Å². The summed E-state index contributed by atoms with van der Waals surface area (Å²) in [5.74, 6) is -0.927. The molecule has 2 aliphatic carbocycles. The van der Waals surface area contributed by atoms with Crippen LogP contribution in [0.25, 0.3) is 0 Å². The Bertz CT molecular complexity index is 734. The normalized spacial score (nSPS) is 41.2. The van der Waals surface area contributed by atoms with Crippen LogP contribution in [-0.2, 0) is 19.2 Å². The lowest BCUT2D eigenvalue weighted by molar-refractivity contribution is -0.173. The highest BCUT2D eigenvalue weighted by Gasteiger charge is 2.66. The highest BCUT2D eigenvalue weighted by Crippen LogP contribution is 2.61. The topological polar surface area (TPSA) is 74.8 Å². The van der Waals surface area contributed by atoms with Crippen molar-refractivity contribution < 1.29 is 19.2 Å². The summed E-state index contributed by atoms with van der Waals surface area (Å²) < 4.78 is 0. The first-order valence-corrected chi connectivity index (χ1v) is 10.5. The van der Waals surface area contributed by atoms with E-state index < -0.39 is 10.8 Å². The molecule has 0 radical (unpaired) electrons. The number of likely N-dealkylation sites (tertiary alicyclic amines) is 2. The van der Waals surface area contributed by atoms with Crippen molar-refractivity contribution in [3.63, 3.8) is 0 Å². The average molecular weight is 389 g/mol. The van der Waals surface area contributed by atoms with Crippen LogP contribution in [0.4, 0.5) is 0 Å². The highest BCUT2D eigenvalue weighted by atomic mass is 16.2. The highest BCUT2D eigenvalue weighted by molar-refractivity contribution is 6.05. The van der Waals surface area contributed by atoms with Crippen molar-refractivity contribution in [1.82, 2.24) is 9.80 Å². The number of fused-ring (bicyclic) bond motifs is 4. The van der Waals surface area contributed by atoms with Crippen LogP contribution in [0.15, 0.2) is 0 Å². The third kappa shape index (κ3) is 1.99. The molecule has 6 nitrogen and oxygen atoms in total. The fourth-order valence-corrected chi connectivity index (χ4v) is 6.43. The van der Waals surface area contributed by atoms with Crippen molar-refractivity contribution in [1.29, 1.82) is 0 Å². The van der Waals surface area contributed by atoms with Crippen molar-refractivity contribution in [2.24, 2.45) is 33.5 Å². The number of imide groups is 2. The molecule has 0 aromatic heterocycles.